The lowest BCUT2D eigenvalue weighted by molar-refractivity contribution is 0.00694. The van der Waals surface area contributed by atoms with Gasteiger partial charge < -0.3 is 19.5 Å². The molecular formula is C13H19NO3. The van der Waals surface area contributed by atoms with E-state index in [1.54, 1.807) is 14.2 Å². The standard InChI is InChI=1S/C13H19NO3/c1-9-13(14-6-7-17-9)11-5-4-10(15-2)8-12(11)16-3/h4-5,8-9,13-14H,6-7H2,1-3H3. The van der Waals surface area contributed by atoms with Gasteiger partial charge in [-0.2, -0.15) is 0 Å². The highest BCUT2D eigenvalue weighted by atomic mass is 16.5. The number of nitrogens with one attached hydrogen (secondary N) is 1. The lowest BCUT2D eigenvalue weighted by Gasteiger charge is -2.31. The van der Waals surface area contributed by atoms with Gasteiger partial charge in [-0.3, -0.25) is 0 Å². The molecule has 0 amide bonds. The number of benzene rings is 1. The predicted octanol–water partition coefficient (Wildman–Crippen LogP) is 1.75. The fourth-order valence-corrected chi connectivity index (χ4v) is 2.16. The lowest BCUT2D eigenvalue weighted by atomic mass is 10.00. The second-order valence-corrected chi connectivity index (χ2v) is 4.12. The number of ether oxygens (including phenoxy) is 3. The second-order valence-electron chi connectivity index (χ2n) is 4.12. The maximum Gasteiger partial charge on any atom is 0.127 e. The quantitative estimate of drug-likeness (QED) is 0.869. The normalized spacial score (nSPS) is 24.4. The minimum atomic E-state index is 0.144. The Labute approximate surface area is 102 Å². The van der Waals surface area contributed by atoms with E-state index in [1.807, 2.05) is 18.2 Å². The van der Waals surface area contributed by atoms with Gasteiger partial charge in [0, 0.05) is 18.2 Å². The average molecular weight is 237 g/mol. The first-order valence-electron chi connectivity index (χ1n) is 5.83. The van der Waals surface area contributed by atoms with Crippen molar-refractivity contribution in [2.75, 3.05) is 27.4 Å². The third-order valence-electron chi connectivity index (χ3n) is 3.09. The Morgan fingerprint density at radius 2 is 2.12 bits per heavy atom. The molecular weight excluding hydrogens is 218 g/mol. The zero-order chi connectivity index (χ0) is 12.3. The molecule has 2 rings (SSSR count). The van der Waals surface area contributed by atoms with Crippen LogP contribution in [0.5, 0.6) is 11.5 Å². The van der Waals surface area contributed by atoms with Gasteiger partial charge >= 0.3 is 0 Å². The molecule has 1 aliphatic heterocycles. The molecule has 1 aromatic carbocycles. The van der Waals surface area contributed by atoms with Gasteiger partial charge in [-0.05, 0) is 19.1 Å². The average Bonchev–Trinajstić information content (AvgIpc) is 2.38. The summed E-state index contributed by atoms with van der Waals surface area (Å²) in [5, 5.41) is 3.45. The molecule has 4 nitrogen and oxygen atoms in total. The summed E-state index contributed by atoms with van der Waals surface area (Å²) in [4.78, 5) is 0. The number of hydrogen-bond acceptors (Lipinski definition) is 4. The summed E-state index contributed by atoms with van der Waals surface area (Å²) in [5.74, 6) is 1.63. The van der Waals surface area contributed by atoms with Crippen molar-refractivity contribution in [1.29, 1.82) is 0 Å². The van der Waals surface area contributed by atoms with Crippen LogP contribution in [0.1, 0.15) is 18.5 Å². The summed E-state index contributed by atoms with van der Waals surface area (Å²) in [6.45, 7) is 3.70. The van der Waals surface area contributed by atoms with Crippen LogP contribution in [0.4, 0.5) is 0 Å². The summed E-state index contributed by atoms with van der Waals surface area (Å²) in [6.07, 6.45) is 0.144. The molecule has 0 aliphatic carbocycles. The van der Waals surface area contributed by atoms with Gasteiger partial charge in [-0.25, -0.2) is 0 Å². The van der Waals surface area contributed by atoms with Gasteiger partial charge in [0.05, 0.1) is 33.0 Å². The van der Waals surface area contributed by atoms with Crippen LogP contribution in [0, 0.1) is 0 Å². The van der Waals surface area contributed by atoms with E-state index in [-0.39, 0.29) is 12.1 Å². The van der Waals surface area contributed by atoms with E-state index < -0.39 is 0 Å². The topological polar surface area (TPSA) is 39.7 Å². The third kappa shape index (κ3) is 2.53. The van der Waals surface area contributed by atoms with E-state index >= 15 is 0 Å². The molecule has 1 aromatic rings. The van der Waals surface area contributed by atoms with Crippen molar-refractivity contribution in [3.8, 4) is 11.5 Å². The van der Waals surface area contributed by atoms with Gasteiger partial charge in [-0.1, -0.05) is 0 Å². The molecule has 94 valence electrons. The number of methoxy groups -OCH3 is 2. The van der Waals surface area contributed by atoms with E-state index in [4.69, 9.17) is 14.2 Å². The van der Waals surface area contributed by atoms with Crippen LogP contribution in [0.25, 0.3) is 0 Å². The first-order chi connectivity index (χ1) is 8.26. The maximum absolute atomic E-state index is 5.65. The van der Waals surface area contributed by atoms with Crippen LogP contribution < -0.4 is 14.8 Å². The number of morpholine rings is 1. The zero-order valence-electron chi connectivity index (χ0n) is 10.5. The molecule has 4 heteroatoms. The molecule has 0 saturated carbocycles. The fourth-order valence-electron chi connectivity index (χ4n) is 2.16. The van der Waals surface area contributed by atoms with E-state index in [9.17, 15) is 0 Å². The highest BCUT2D eigenvalue weighted by molar-refractivity contribution is 5.43. The molecule has 1 heterocycles. The first kappa shape index (κ1) is 12.2. The third-order valence-corrected chi connectivity index (χ3v) is 3.09. The highest BCUT2D eigenvalue weighted by Crippen LogP contribution is 2.32. The lowest BCUT2D eigenvalue weighted by Crippen LogP contribution is -2.40. The van der Waals surface area contributed by atoms with Crippen LogP contribution in [-0.4, -0.2) is 33.5 Å². The van der Waals surface area contributed by atoms with Crippen molar-refractivity contribution in [2.45, 2.75) is 19.1 Å². The molecule has 0 bridgehead atoms. The fraction of sp³-hybridized carbons (Fsp3) is 0.538. The van der Waals surface area contributed by atoms with Gasteiger partial charge in [0.15, 0.2) is 0 Å². The first-order valence-corrected chi connectivity index (χ1v) is 5.83. The largest absolute Gasteiger partial charge is 0.497 e. The van der Waals surface area contributed by atoms with Crippen LogP contribution >= 0.6 is 0 Å². The molecule has 1 fully saturated rings. The molecule has 2 atom stereocenters. The maximum atomic E-state index is 5.65. The predicted molar refractivity (Wildman–Crippen MR) is 65.7 cm³/mol. The van der Waals surface area contributed by atoms with E-state index in [1.165, 1.54) is 0 Å². The van der Waals surface area contributed by atoms with E-state index in [2.05, 4.69) is 12.2 Å². The van der Waals surface area contributed by atoms with E-state index in [0.29, 0.717) is 0 Å². The van der Waals surface area contributed by atoms with Crippen molar-refractivity contribution in [3.63, 3.8) is 0 Å². The van der Waals surface area contributed by atoms with Crippen LogP contribution in [-0.2, 0) is 4.74 Å². The molecule has 1 aliphatic rings. The van der Waals surface area contributed by atoms with Gasteiger partial charge in [0.1, 0.15) is 11.5 Å². The Balaban J connectivity index is 2.30. The van der Waals surface area contributed by atoms with Gasteiger partial charge in [0.25, 0.3) is 0 Å². The van der Waals surface area contributed by atoms with Crippen LogP contribution in [0.3, 0.4) is 0 Å². The zero-order valence-corrected chi connectivity index (χ0v) is 10.5. The summed E-state index contributed by atoms with van der Waals surface area (Å²) in [7, 11) is 3.33. The molecule has 0 radical (unpaired) electrons. The summed E-state index contributed by atoms with van der Waals surface area (Å²) in [6, 6.07) is 6.05. The van der Waals surface area contributed by atoms with Gasteiger partial charge in [-0.15, -0.1) is 0 Å². The minimum absolute atomic E-state index is 0.144. The Bertz CT molecular complexity index is 381. The Morgan fingerprint density at radius 1 is 1.29 bits per heavy atom. The van der Waals surface area contributed by atoms with Crippen molar-refractivity contribution in [3.05, 3.63) is 23.8 Å². The Morgan fingerprint density at radius 3 is 2.76 bits per heavy atom. The molecule has 0 aromatic heterocycles. The molecule has 1 saturated heterocycles. The smallest absolute Gasteiger partial charge is 0.127 e. The minimum Gasteiger partial charge on any atom is -0.497 e. The van der Waals surface area contributed by atoms with Crippen molar-refractivity contribution in [1.82, 2.24) is 5.32 Å². The van der Waals surface area contributed by atoms with E-state index in [0.717, 1.165) is 30.2 Å². The van der Waals surface area contributed by atoms with Crippen LogP contribution in [0.15, 0.2) is 18.2 Å². The SMILES string of the molecule is COc1ccc(C2NCCOC2C)c(OC)c1. The summed E-state index contributed by atoms with van der Waals surface area (Å²) in [5.41, 5.74) is 1.11. The van der Waals surface area contributed by atoms with Crippen LogP contribution in [0.2, 0.25) is 0 Å². The monoisotopic (exact) mass is 237 g/mol. The molecule has 2 unspecified atom stereocenters. The molecule has 0 spiro atoms. The second kappa shape index (κ2) is 5.38. The summed E-state index contributed by atoms with van der Waals surface area (Å²) < 4.78 is 16.3. The molecule has 17 heavy (non-hydrogen) atoms. The van der Waals surface area contributed by atoms with Crippen molar-refractivity contribution in [2.24, 2.45) is 0 Å². The summed E-state index contributed by atoms with van der Waals surface area (Å²) >= 11 is 0. The number of hydrogen-bond donors (Lipinski definition) is 1. The Hall–Kier alpha value is -1.26. The molecule has 1 N–H and O–H groups in total. The Kier molecular flexibility index (Phi) is 3.86. The number of rotatable bonds is 3. The van der Waals surface area contributed by atoms with Crippen molar-refractivity contribution < 1.29 is 14.2 Å². The van der Waals surface area contributed by atoms with Crippen molar-refractivity contribution >= 4 is 0 Å². The highest BCUT2D eigenvalue weighted by Gasteiger charge is 2.25. The van der Waals surface area contributed by atoms with Gasteiger partial charge in [0.2, 0.25) is 0 Å².